The third kappa shape index (κ3) is 3.08. The van der Waals surface area contributed by atoms with E-state index in [4.69, 9.17) is 9.47 Å². The zero-order valence-electron chi connectivity index (χ0n) is 11.7. The van der Waals surface area contributed by atoms with Crippen molar-refractivity contribution in [2.75, 3.05) is 14.2 Å². The van der Waals surface area contributed by atoms with E-state index < -0.39 is 0 Å². The van der Waals surface area contributed by atoms with Gasteiger partial charge >= 0.3 is 0 Å². The Balaban J connectivity index is 2.34. The van der Waals surface area contributed by atoms with Crippen molar-refractivity contribution in [3.8, 4) is 11.5 Å². The predicted molar refractivity (Wildman–Crippen MR) is 82.0 cm³/mol. The number of hydrogen-bond acceptors (Lipinski definition) is 4. The van der Waals surface area contributed by atoms with E-state index in [-0.39, 0.29) is 5.78 Å². The van der Waals surface area contributed by atoms with Gasteiger partial charge in [0.1, 0.15) is 11.5 Å². The van der Waals surface area contributed by atoms with E-state index in [0.29, 0.717) is 17.1 Å². The molecule has 4 heteroatoms. The Morgan fingerprint density at radius 2 is 2.05 bits per heavy atom. The number of ether oxygens (including phenoxy) is 2. The number of thiophene rings is 1. The minimum Gasteiger partial charge on any atom is -0.497 e. The highest BCUT2D eigenvalue weighted by Gasteiger charge is 2.14. The molecular weight excluding hydrogens is 272 g/mol. The first-order valence-corrected chi connectivity index (χ1v) is 7.02. The summed E-state index contributed by atoms with van der Waals surface area (Å²) in [6.07, 6.45) is 3.39. The van der Waals surface area contributed by atoms with Crippen LogP contribution >= 0.6 is 11.3 Å². The SMILES string of the molecule is COc1cc(C)c(C(=O)C=Cc2cccs2)c(OC)c1. The standard InChI is InChI=1S/C16H16O3S/c1-11-9-12(18-2)10-15(19-3)16(11)14(17)7-6-13-5-4-8-20-13/h4-10H,1-3H3. The number of carbonyl (C=O) groups is 1. The van der Waals surface area contributed by atoms with Crippen LogP contribution in [0.15, 0.2) is 35.7 Å². The number of benzene rings is 1. The van der Waals surface area contributed by atoms with Gasteiger partial charge < -0.3 is 9.47 Å². The lowest BCUT2D eigenvalue weighted by Gasteiger charge is -2.11. The van der Waals surface area contributed by atoms with Gasteiger partial charge in [0.25, 0.3) is 0 Å². The van der Waals surface area contributed by atoms with Crippen LogP contribution in [0.25, 0.3) is 6.08 Å². The summed E-state index contributed by atoms with van der Waals surface area (Å²) in [7, 11) is 3.14. The molecule has 0 amide bonds. The normalized spacial score (nSPS) is 10.8. The van der Waals surface area contributed by atoms with Crippen LogP contribution in [0.3, 0.4) is 0 Å². The van der Waals surface area contributed by atoms with Gasteiger partial charge in [-0.25, -0.2) is 0 Å². The molecule has 0 radical (unpaired) electrons. The second-order valence-corrected chi connectivity index (χ2v) is 5.21. The summed E-state index contributed by atoms with van der Waals surface area (Å²) < 4.78 is 10.5. The molecule has 0 bridgehead atoms. The van der Waals surface area contributed by atoms with E-state index in [1.807, 2.05) is 36.6 Å². The minimum atomic E-state index is -0.0737. The maximum absolute atomic E-state index is 12.3. The average molecular weight is 288 g/mol. The van der Waals surface area contributed by atoms with Gasteiger partial charge in [0.15, 0.2) is 5.78 Å². The lowest BCUT2D eigenvalue weighted by Crippen LogP contribution is -2.02. The van der Waals surface area contributed by atoms with Crippen LogP contribution < -0.4 is 9.47 Å². The molecule has 0 unspecified atom stereocenters. The zero-order valence-corrected chi connectivity index (χ0v) is 12.5. The van der Waals surface area contributed by atoms with E-state index in [1.54, 1.807) is 37.7 Å². The number of aryl methyl sites for hydroxylation is 1. The summed E-state index contributed by atoms with van der Waals surface area (Å²) in [5, 5.41) is 1.98. The molecule has 2 rings (SSSR count). The molecule has 0 spiro atoms. The number of hydrogen-bond donors (Lipinski definition) is 0. The molecule has 1 heterocycles. The van der Waals surface area contributed by atoms with Gasteiger partial charge in [0.05, 0.1) is 19.8 Å². The molecular formula is C16H16O3S. The van der Waals surface area contributed by atoms with Gasteiger partial charge in [-0.15, -0.1) is 11.3 Å². The lowest BCUT2D eigenvalue weighted by molar-refractivity contribution is 0.104. The first kappa shape index (κ1) is 14.3. The Morgan fingerprint density at radius 1 is 1.25 bits per heavy atom. The largest absolute Gasteiger partial charge is 0.497 e. The van der Waals surface area contributed by atoms with Crippen molar-refractivity contribution in [2.24, 2.45) is 0 Å². The van der Waals surface area contributed by atoms with Crippen molar-refractivity contribution < 1.29 is 14.3 Å². The van der Waals surface area contributed by atoms with E-state index in [1.165, 1.54) is 0 Å². The fraction of sp³-hybridized carbons (Fsp3) is 0.188. The van der Waals surface area contributed by atoms with E-state index >= 15 is 0 Å². The second-order valence-electron chi connectivity index (χ2n) is 4.23. The van der Waals surface area contributed by atoms with E-state index in [2.05, 4.69) is 0 Å². The van der Waals surface area contributed by atoms with E-state index in [0.717, 1.165) is 10.4 Å². The van der Waals surface area contributed by atoms with Crippen LogP contribution in [-0.2, 0) is 0 Å². The number of allylic oxidation sites excluding steroid dienone is 1. The molecule has 1 aromatic heterocycles. The number of ketones is 1. The van der Waals surface area contributed by atoms with Crippen LogP contribution in [-0.4, -0.2) is 20.0 Å². The van der Waals surface area contributed by atoms with Gasteiger partial charge in [-0.05, 0) is 42.2 Å². The van der Waals surface area contributed by atoms with Gasteiger partial charge in [-0.2, -0.15) is 0 Å². The quantitative estimate of drug-likeness (QED) is 0.617. The topological polar surface area (TPSA) is 35.5 Å². The molecule has 20 heavy (non-hydrogen) atoms. The Labute approximate surface area is 122 Å². The second kappa shape index (κ2) is 6.39. The van der Waals surface area contributed by atoms with Crippen molar-refractivity contribution in [3.05, 3.63) is 51.7 Å². The van der Waals surface area contributed by atoms with E-state index in [9.17, 15) is 4.79 Å². The van der Waals surface area contributed by atoms with Crippen molar-refractivity contribution in [1.29, 1.82) is 0 Å². The van der Waals surface area contributed by atoms with Crippen LogP contribution in [0.2, 0.25) is 0 Å². The molecule has 1 aromatic carbocycles. The lowest BCUT2D eigenvalue weighted by atomic mass is 10.0. The third-order valence-electron chi connectivity index (χ3n) is 2.92. The summed E-state index contributed by atoms with van der Waals surface area (Å²) in [6.45, 7) is 1.87. The molecule has 0 fully saturated rings. The number of carbonyl (C=O) groups excluding carboxylic acids is 1. The summed E-state index contributed by atoms with van der Waals surface area (Å²) >= 11 is 1.59. The summed E-state index contributed by atoms with van der Waals surface area (Å²) in [5.74, 6) is 1.14. The zero-order chi connectivity index (χ0) is 14.5. The Bertz CT molecular complexity index is 627. The van der Waals surface area contributed by atoms with Crippen LogP contribution in [0.4, 0.5) is 0 Å². The Kier molecular flexibility index (Phi) is 4.58. The van der Waals surface area contributed by atoms with Crippen molar-refractivity contribution in [1.82, 2.24) is 0 Å². The fourth-order valence-corrected chi connectivity index (χ4v) is 2.56. The molecule has 0 saturated heterocycles. The molecule has 3 nitrogen and oxygen atoms in total. The van der Waals surface area contributed by atoms with Crippen molar-refractivity contribution in [3.63, 3.8) is 0 Å². The van der Waals surface area contributed by atoms with Crippen LogP contribution in [0.5, 0.6) is 11.5 Å². The predicted octanol–water partition coefficient (Wildman–Crippen LogP) is 3.97. The molecule has 104 valence electrons. The molecule has 0 aliphatic heterocycles. The van der Waals surface area contributed by atoms with Crippen LogP contribution in [0, 0.1) is 6.92 Å². The highest BCUT2D eigenvalue weighted by atomic mass is 32.1. The minimum absolute atomic E-state index is 0.0737. The number of methoxy groups -OCH3 is 2. The maximum Gasteiger partial charge on any atom is 0.189 e. The summed E-state index contributed by atoms with van der Waals surface area (Å²) in [4.78, 5) is 13.4. The van der Waals surface area contributed by atoms with Gasteiger partial charge in [-0.1, -0.05) is 6.07 Å². The molecule has 0 N–H and O–H groups in total. The van der Waals surface area contributed by atoms with Gasteiger partial charge in [0, 0.05) is 10.9 Å². The maximum atomic E-state index is 12.3. The fourth-order valence-electron chi connectivity index (χ4n) is 1.94. The Hall–Kier alpha value is -2.07. The first-order valence-electron chi connectivity index (χ1n) is 6.14. The number of rotatable bonds is 5. The molecule has 0 aliphatic carbocycles. The summed E-state index contributed by atoms with van der Waals surface area (Å²) in [5.41, 5.74) is 1.41. The van der Waals surface area contributed by atoms with Gasteiger partial charge in [-0.3, -0.25) is 4.79 Å². The molecule has 0 aliphatic rings. The first-order chi connectivity index (χ1) is 9.65. The smallest absolute Gasteiger partial charge is 0.189 e. The van der Waals surface area contributed by atoms with Crippen LogP contribution in [0.1, 0.15) is 20.8 Å². The Morgan fingerprint density at radius 3 is 2.65 bits per heavy atom. The third-order valence-corrected chi connectivity index (χ3v) is 3.75. The van der Waals surface area contributed by atoms with Crippen molar-refractivity contribution >= 4 is 23.2 Å². The highest BCUT2D eigenvalue weighted by Crippen LogP contribution is 2.29. The highest BCUT2D eigenvalue weighted by molar-refractivity contribution is 7.10. The van der Waals surface area contributed by atoms with Gasteiger partial charge in [0.2, 0.25) is 0 Å². The molecule has 0 atom stereocenters. The molecule has 2 aromatic rings. The monoisotopic (exact) mass is 288 g/mol. The molecule has 0 saturated carbocycles. The van der Waals surface area contributed by atoms with Crippen molar-refractivity contribution in [2.45, 2.75) is 6.92 Å². The average Bonchev–Trinajstić information content (AvgIpc) is 2.97. The summed E-state index contributed by atoms with van der Waals surface area (Å²) in [6, 6.07) is 7.47.